The standard InChI is InChI=1S/C11H12BrN3/c1-15(8-6-14-7-8)11-4-2-3-10(12)9(11)5-13/h2-4,8,14H,6-7H2,1H3. The molecule has 15 heavy (non-hydrogen) atoms. The molecule has 1 heterocycles. The van der Waals surface area contributed by atoms with Gasteiger partial charge in [0.2, 0.25) is 0 Å². The lowest BCUT2D eigenvalue weighted by Crippen LogP contribution is -2.56. The first-order valence-electron chi connectivity index (χ1n) is 4.86. The van der Waals surface area contributed by atoms with Crippen LogP contribution in [0.4, 0.5) is 5.69 Å². The van der Waals surface area contributed by atoms with E-state index in [1.54, 1.807) is 0 Å². The number of halogens is 1. The molecule has 1 aliphatic heterocycles. The molecule has 1 aromatic rings. The number of hydrogen-bond acceptors (Lipinski definition) is 3. The molecule has 1 aromatic carbocycles. The van der Waals surface area contributed by atoms with Crippen LogP contribution in [0.2, 0.25) is 0 Å². The summed E-state index contributed by atoms with van der Waals surface area (Å²) in [5.74, 6) is 0. The first-order valence-corrected chi connectivity index (χ1v) is 5.65. The maximum absolute atomic E-state index is 9.10. The first kappa shape index (κ1) is 10.5. The second-order valence-electron chi connectivity index (χ2n) is 3.67. The zero-order valence-electron chi connectivity index (χ0n) is 8.50. The quantitative estimate of drug-likeness (QED) is 0.886. The van der Waals surface area contributed by atoms with Gasteiger partial charge in [0.15, 0.2) is 0 Å². The third kappa shape index (κ3) is 1.85. The predicted octanol–water partition coefficient (Wildman–Crippen LogP) is 1.73. The number of benzene rings is 1. The van der Waals surface area contributed by atoms with E-state index in [0.29, 0.717) is 11.6 Å². The molecule has 0 amide bonds. The number of nitrogens with one attached hydrogen (secondary N) is 1. The van der Waals surface area contributed by atoms with Gasteiger partial charge in [-0.2, -0.15) is 5.26 Å². The molecular weight excluding hydrogens is 254 g/mol. The van der Waals surface area contributed by atoms with Crippen LogP contribution in [0.25, 0.3) is 0 Å². The summed E-state index contributed by atoms with van der Waals surface area (Å²) in [6, 6.07) is 8.59. The molecule has 1 N–H and O–H groups in total. The van der Waals surface area contributed by atoms with Crippen molar-refractivity contribution < 1.29 is 0 Å². The molecule has 1 aliphatic rings. The van der Waals surface area contributed by atoms with Gasteiger partial charge in [-0.15, -0.1) is 0 Å². The van der Waals surface area contributed by atoms with Gasteiger partial charge in [0.1, 0.15) is 6.07 Å². The summed E-state index contributed by atoms with van der Waals surface area (Å²) < 4.78 is 0.863. The van der Waals surface area contributed by atoms with Crippen molar-refractivity contribution in [2.75, 3.05) is 25.0 Å². The minimum Gasteiger partial charge on any atom is -0.368 e. The van der Waals surface area contributed by atoms with Crippen molar-refractivity contribution >= 4 is 21.6 Å². The Hall–Kier alpha value is -1.05. The molecule has 0 saturated carbocycles. The summed E-state index contributed by atoms with van der Waals surface area (Å²) in [6.07, 6.45) is 0. The number of hydrogen-bond donors (Lipinski definition) is 1. The van der Waals surface area contributed by atoms with Crippen LogP contribution in [0, 0.1) is 11.3 Å². The number of likely N-dealkylation sites (N-methyl/N-ethyl adjacent to an activating group) is 1. The van der Waals surface area contributed by atoms with Gasteiger partial charge in [-0.3, -0.25) is 0 Å². The number of nitriles is 1. The van der Waals surface area contributed by atoms with E-state index in [0.717, 1.165) is 23.2 Å². The van der Waals surface area contributed by atoms with Crippen LogP contribution in [-0.2, 0) is 0 Å². The highest BCUT2D eigenvalue weighted by atomic mass is 79.9. The van der Waals surface area contributed by atoms with Crippen LogP contribution in [0.5, 0.6) is 0 Å². The van der Waals surface area contributed by atoms with E-state index >= 15 is 0 Å². The van der Waals surface area contributed by atoms with Gasteiger partial charge in [-0.25, -0.2) is 0 Å². The van der Waals surface area contributed by atoms with Crippen LogP contribution in [-0.4, -0.2) is 26.2 Å². The Labute approximate surface area is 97.8 Å². The summed E-state index contributed by atoms with van der Waals surface area (Å²) in [5, 5.41) is 12.3. The number of rotatable bonds is 2. The molecule has 0 unspecified atom stereocenters. The Kier molecular flexibility index (Phi) is 2.94. The van der Waals surface area contributed by atoms with Crippen molar-refractivity contribution in [3.05, 3.63) is 28.2 Å². The van der Waals surface area contributed by atoms with Gasteiger partial charge in [0.25, 0.3) is 0 Å². The van der Waals surface area contributed by atoms with E-state index in [4.69, 9.17) is 5.26 Å². The van der Waals surface area contributed by atoms with Gasteiger partial charge in [0.05, 0.1) is 17.3 Å². The Morgan fingerprint density at radius 3 is 2.80 bits per heavy atom. The van der Waals surface area contributed by atoms with Gasteiger partial charge in [-0.1, -0.05) is 6.07 Å². The maximum atomic E-state index is 9.10. The lowest BCUT2D eigenvalue weighted by Gasteiger charge is -2.37. The minimum atomic E-state index is 0.506. The molecule has 78 valence electrons. The topological polar surface area (TPSA) is 39.1 Å². The van der Waals surface area contributed by atoms with Crippen LogP contribution in [0.3, 0.4) is 0 Å². The molecule has 0 spiro atoms. The molecular formula is C11H12BrN3. The lowest BCUT2D eigenvalue weighted by atomic mass is 10.1. The molecule has 0 atom stereocenters. The molecule has 0 radical (unpaired) electrons. The van der Waals surface area contributed by atoms with Gasteiger partial charge in [-0.05, 0) is 28.1 Å². The maximum Gasteiger partial charge on any atom is 0.103 e. The molecule has 1 saturated heterocycles. The van der Waals surface area contributed by atoms with Crippen molar-refractivity contribution in [1.29, 1.82) is 5.26 Å². The molecule has 0 aliphatic carbocycles. The summed E-state index contributed by atoms with van der Waals surface area (Å²) in [5.41, 5.74) is 1.71. The molecule has 2 rings (SSSR count). The highest BCUT2D eigenvalue weighted by molar-refractivity contribution is 9.10. The molecule has 4 heteroatoms. The zero-order valence-corrected chi connectivity index (χ0v) is 10.1. The average molecular weight is 266 g/mol. The average Bonchev–Trinajstić information content (AvgIpc) is 2.14. The minimum absolute atomic E-state index is 0.506. The van der Waals surface area contributed by atoms with Gasteiger partial charge in [0, 0.05) is 24.6 Å². The normalized spacial score (nSPS) is 15.5. The van der Waals surface area contributed by atoms with Crippen molar-refractivity contribution in [1.82, 2.24) is 5.32 Å². The molecule has 0 aromatic heterocycles. The predicted molar refractivity (Wildman–Crippen MR) is 63.9 cm³/mol. The summed E-state index contributed by atoms with van der Waals surface area (Å²) >= 11 is 3.40. The third-order valence-electron chi connectivity index (χ3n) is 2.79. The molecule has 3 nitrogen and oxygen atoms in total. The SMILES string of the molecule is CN(c1cccc(Br)c1C#N)C1CNC1. The number of nitrogens with zero attached hydrogens (tertiary/aromatic N) is 2. The monoisotopic (exact) mass is 265 g/mol. The Morgan fingerprint density at radius 1 is 1.53 bits per heavy atom. The van der Waals surface area contributed by atoms with E-state index in [-0.39, 0.29) is 0 Å². The van der Waals surface area contributed by atoms with Crippen LogP contribution < -0.4 is 10.2 Å². The second kappa shape index (κ2) is 4.21. The fraction of sp³-hybridized carbons (Fsp3) is 0.364. The van der Waals surface area contributed by atoms with Crippen molar-refractivity contribution in [3.63, 3.8) is 0 Å². The Morgan fingerprint density at radius 2 is 2.27 bits per heavy atom. The Bertz CT molecular complexity index is 407. The molecule has 1 fully saturated rings. The molecule has 0 bridgehead atoms. The van der Waals surface area contributed by atoms with E-state index < -0.39 is 0 Å². The second-order valence-corrected chi connectivity index (χ2v) is 4.52. The van der Waals surface area contributed by atoms with Crippen molar-refractivity contribution in [2.45, 2.75) is 6.04 Å². The highest BCUT2D eigenvalue weighted by Crippen LogP contribution is 2.27. The van der Waals surface area contributed by atoms with E-state index in [2.05, 4.69) is 32.2 Å². The Balaban J connectivity index is 2.34. The largest absolute Gasteiger partial charge is 0.368 e. The van der Waals surface area contributed by atoms with Gasteiger partial charge >= 0.3 is 0 Å². The number of anilines is 1. The summed E-state index contributed by atoms with van der Waals surface area (Å²) in [7, 11) is 2.04. The fourth-order valence-corrected chi connectivity index (χ4v) is 2.11. The smallest absolute Gasteiger partial charge is 0.103 e. The van der Waals surface area contributed by atoms with E-state index in [1.165, 1.54) is 0 Å². The summed E-state index contributed by atoms with van der Waals surface area (Å²) in [6.45, 7) is 1.99. The van der Waals surface area contributed by atoms with Crippen molar-refractivity contribution in [3.8, 4) is 6.07 Å². The fourth-order valence-electron chi connectivity index (χ4n) is 1.66. The third-order valence-corrected chi connectivity index (χ3v) is 3.45. The van der Waals surface area contributed by atoms with Crippen LogP contribution in [0.1, 0.15) is 5.56 Å². The van der Waals surface area contributed by atoms with Crippen molar-refractivity contribution in [2.24, 2.45) is 0 Å². The van der Waals surface area contributed by atoms with Crippen LogP contribution >= 0.6 is 15.9 Å². The first-order chi connectivity index (χ1) is 7.24. The van der Waals surface area contributed by atoms with E-state index in [1.807, 2.05) is 25.2 Å². The highest BCUT2D eigenvalue weighted by Gasteiger charge is 2.23. The van der Waals surface area contributed by atoms with Gasteiger partial charge < -0.3 is 10.2 Å². The zero-order chi connectivity index (χ0) is 10.8. The van der Waals surface area contributed by atoms with E-state index in [9.17, 15) is 0 Å². The lowest BCUT2D eigenvalue weighted by molar-refractivity contribution is 0.428. The van der Waals surface area contributed by atoms with Crippen LogP contribution in [0.15, 0.2) is 22.7 Å². The summed E-state index contributed by atoms with van der Waals surface area (Å²) in [4.78, 5) is 2.17.